The number of hydrogen-bond donors (Lipinski definition) is 0. The lowest BCUT2D eigenvalue weighted by Gasteiger charge is -2.37. The second-order valence-electron chi connectivity index (χ2n) is 8.09. The van der Waals surface area contributed by atoms with Gasteiger partial charge in [-0.2, -0.15) is 0 Å². The summed E-state index contributed by atoms with van der Waals surface area (Å²) in [5.41, 5.74) is 3.03. The van der Waals surface area contributed by atoms with Crippen molar-refractivity contribution in [2.45, 2.75) is 70.1 Å². The average Bonchev–Trinajstić information content (AvgIpc) is 2.67. The second kappa shape index (κ2) is 8.70. The van der Waals surface area contributed by atoms with E-state index >= 15 is 0 Å². The molecule has 0 N–H and O–H groups in total. The highest BCUT2D eigenvalue weighted by Crippen LogP contribution is 2.44. The minimum atomic E-state index is 0.803. The van der Waals surface area contributed by atoms with E-state index in [4.69, 9.17) is 0 Å². The number of hydrogen-bond acceptors (Lipinski definition) is 0. The number of benzene rings is 1. The van der Waals surface area contributed by atoms with E-state index in [1.54, 1.807) is 5.56 Å². The molecule has 0 unspecified atom stereocenters. The third-order valence-corrected chi connectivity index (χ3v) is 6.68. The molecule has 0 amide bonds. The SMILES string of the molecule is C=CCCc1ccc(C2CCC(C3CCC(C=C)CC3)CC2)cc1. The summed E-state index contributed by atoms with van der Waals surface area (Å²) in [4.78, 5) is 0. The molecule has 2 fully saturated rings. The van der Waals surface area contributed by atoms with Crippen LogP contribution in [-0.2, 0) is 6.42 Å². The van der Waals surface area contributed by atoms with Crippen LogP contribution in [-0.4, -0.2) is 0 Å². The fourth-order valence-electron chi connectivity index (χ4n) is 5.00. The summed E-state index contributed by atoms with van der Waals surface area (Å²) in [6, 6.07) is 9.44. The largest absolute Gasteiger partial charge is 0.103 e. The Labute approximate surface area is 149 Å². The third-order valence-electron chi connectivity index (χ3n) is 6.68. The van der Waals surface area contributed by atoms with Gasteiger partial charge in [0.1, 0.15) is 0 Å². The van der Waals surface area contributed by atoms with E-state index in [0.717, 1.165) is 36.5 Å². The highest BCUT2D eigenvalue weighted by molar-refractivity contribution is 5.26. The third kappa shape index (κ3) is 4.41. The molecule has 130 valence electrons. The first-order valence-corrected chi connectivity index (χ1v) is 10.1. The summed E-state index contributed by atoms with van der Waals surface area (Å²) >= 11 is 0. The molecule has 0 spiro atoms. The molecule has 0 heteroatoms. The molecule has 0 bridgehead atoms. The molecule has 1 aromatic rings. The monoisotopic (exact) mass is 322 g/mol. The van der Waals surface area contributed by atoms with Gasteiger partial charge in [-0.3, -0.25) is 0 Å². The summed E-state index contributed by atoms with van der Waals surface area (Å²) < 4.78 is 0. The Morgan fingerprint density at radius 2 is 1.38 bits per heavy atom. The normalized spacial score (nSPS) is 30.7. The van der Waals surface area contributed by atoms with E-state index in [-0.39, 0.29) is 0 Å². The number of aryl methyl sites for hydroxylation is 1. The minimum Gasteiger partial charge on any atom is -0.103 e. The molecule has 2 aliphatic carbocycles. The van der Waals surface area contributed by atoms with Crippen LogP contribution in [0.4, 0.5) is 0 Å². The Balaban J connectivity index is 1.48. The maximum atomic E-state index is 3.98. The molecular formula is C24H34. The van der Waals surface area contributed by atoms with Crippen molar-refractivity contribution >= 4 is 0 Å². The van der Waals surface area contributed by atoms with E-state index in [1.165, 1.54) is 56.9 Å². The lowest BCUT2D eigenvalue weighted by molar-refractivity contribution is 0.171. The maximum Gasteiger partial charge on any atom is -0.0162 e. The first-order chi connectivity index (χ1) is 11.8. The van der Waals surface area contributed by atoms with Gasteiger partial charge in [0.15, 0.2) is 0 Å². The summed E-state index contributed by atoms with van der Waals surface area (Å²) in [5.74, 6) is 3.61. The molecule has 0 aliphatic heterocycles. The van der Waals surface area contributed by atoms with Crippen LogP contribution in [0.5, 0.6) is 0 Å². The van der Waals surface area contributed by atoms with Crippen molar-refractivity contribution < 1.29 is 0 Å². The van der Waals surface area contributed by atoms with Gasteiger partial charge in [0.25, 0.3) is 0 Å². The lowest BCUT2D eigenvalue weighted by Crippen LogP contribution is -2.25. The molecule has 0 aromatic heterocycles. The standard InChI is InChI=1S/C24H34/c1-3-5-6-20-9-13-22(14-10-20)24-17-15-23(16-18-24)21-11-7-19(4-2)8-12-21/h3-4,9-10,13-14,19,21,23-24H,1-2,5-8,11-12,15-18H2. The van der Waals surface area contributed by atoms with Crippen molar-refractivity contribution in [1.29, 1.82) is 0 Å². The zero-order valence-electron chi connectivity index (χ0n) is 15.3. The summed E-state index contributed by atoms with van der Waals surface area (Å²) in [7, 11) is 0. The van der Waals surface area contributed by atoms with Crippen molar-refractivity contribution in [3.63, 3.8) is 0 Å². The Hall–Kier alpha value is -1.30. The van der Waals surface area contributed by atoms with Crippen molar-refractivity contribution in [1.82, 2.24) is 0 Å². The van der Waals surface area contributed by atoms with E-state index in [2.05, 4.69) is 43.5 Å². The van der Waals surface area contributed by atoms with Gasteiger partial charge < -0.3 is 0 Å². The highest BCUT2D eigenvalue weighted by atomic mass is 14.4. The molecule has 2 saturated carbocycles. The van der Waals surface area contributed by atoms with Gasteiger partial charge in [-0.05, 0) is 99.0 Å². The quantitative estimate of drug-likeness (QED) is 0.491. The summed E-state index contributed by atoms with van der Waals surface area (Å²) in [6.07, 6.45) is 17.8. The Bertz CT molecular complexity index is 507. The van der Waals surface area contributed by atoms with Crippen LogP contribution in [0, 0.1) is 17.8 Å². The zero-order valence-corrected chi connectivity index (χ0v) is 15.3. The van der Waals surface area contributed by atoms with Gasteiger partial charge in [-0.15, -0.1) is 13.2 Å². The molecular weight excluding hydrogens is 288 g/mol. The molecule has 1 aromatic carbocycles. The molecule has 24 heavy (non-hydrogen) atoms. The second-order valence-corrected chi connectivity index (χ2v) is 8.09. The van der Waals surface area contributed by atoms with Crippen molar-refractivity contribution in [2.75, 3.05) is 0 Å². The Morgan fingerprint density at radius 1 is 0.792 bits per heavy atom. The van der Waals surface area contributed by atoms with E-state index < -0.39 is 0 Å². The van der Waals surface area contributed by atoms with Gasteiger partial charge >= 0.3 is 0 Å². The van der Waals surface area contributed by atoms with Crippen LogP contribution < -0.4 is 0 Å². The van der Waals surface area contributed by atoms with Crippen molar-refractivity contribution in [2.24, 2.45) is 17.8 Å². The first-order valence-electron chi connectivity index (χ1n) is 10.1. The maximum absolute atomic E-state index is 3.98. The first kappa shape index (κ1) is 17.5. The van der Waals surface area contributed by atoms with Crippen LogP contribution in [0.15, 0.2) is 49.6 Å². The average molecular weight is 323 g/mol. The zero-order chi connectivity index (χ0) is 16.8. The lowest BCUT2D eigenvalue weighted by atomic mass is 9.68. The predicted molar refractivity (Wildman–Crippen MR) is 105 cm³/mol. The molecule has 2 aliphatic rings. The molecule has 0 saturated heterocycles. The molecule has 0 heterocycles. The van der Waals surface area contributed by atoms with Crippen LogP contribution in [0.2, 0.25) is 0 Å². The predicted octanol–water partition coefficient (Wildman–Crippen LogP) is 7.07. The van der Waals surface area contributed by atoms with Gasteiger partial charge in [0, 0.05) is 0 Å². The Morgan fingerprint density at radius 3 is 1.92 bits per heavy atom. The highest BCUT2D eigenvalue weighted by Gasteiger charge is 2.30. The molecule has 3 rings (SSSR count). The summed E-state index contributed by atoms with van der Waals surface area (Å²) in [5, 5.41) is 0. The fraction of sp³-hybridized carbons (Fsp3) is 0.583. The van der Waals surface area contributed by atoms with Gasteiger partial charge in [0.05, 0.1) is 0 Å². The van der Waals surface area contributed by atoms with Crippen molar-refractivity contribution in [3.8, 4) is 0 Å². The smallest absolute Gasteiger partial charge is 0.0162 e. The molecule has 0 radical (unpaired) electrons. The van der Waals surface area contributed by atoms with Crippen LogP contribution in [0.25, 0.3) is 0 Å². The number of rotatable bonds is 6. The minimum absolute atomic E-state index is 0.803. The van der Waals surface area contributed by atoms with Gasteiger partial charge in [-0.1, -0.05) is 36.4 Å². The fourth-order valence-corrected chi connectivity index (χ4v) is 5.00. The molecule has 0 atom stereocenters. The van der Waals surface area contributed by atoms with Gasteiger partial charge in [0.2, 0.25) is 0 Å². The topological polar surface area (TPSA) is 0 Å². The van der Waals surface area contributed by atoms with E-state index in [1.807, 2.05) is 6.08 Å². The van der Waals surface area contributed by atoms with E-state index in [9.17, 15) is 0 Å². The van der Waals surface area contributed by atoms with Crippen LogP contribution in [0.1, 0.15) is 74.8 Å². The number of allylic oxidation sites excluding steroid dienone is 2. The van der Waals surface area contributed by atoms with Gasteiger partial charge in [-0.25, -0.2) is 0 Å². The molecule has 0 nitrogen and oxygen atoms in total. The van der Waals surface area contributed by atoms with Crippen LogP contribution >= 0.6 is 0 Å². The van der Waals surface area contributed by atoms with Crippen LogP contribution in [0.3, 0.4) is 0 Å². The summed E-state index contributed by atoms with van der Waals surface area (Å²) in [6.45, 7) is 7.80. The van der Waals surface area contributed by atoms with E-state index in [0.29, 0.717) is 0 Å². The Kier molecular flexibility index (Phi) is 6.35. The van der Waals surface area contributed by atoms with Crippen molar-refractivity contribution in [3.05, 3.63) is 60.7 Å².